The van der Waals surface area contributed by atoms with Crippen molar-refractivity contribution >= 4 is 17.5 Å². The molecule has 0 spiro atoms. The van der Waals surface area contributed by atoms with E-state index >= 15 is 0 Å². The number of hydrogen-bond acceptors (Lipinski definition) is 2. The zero-order valence-electron chi connectivity index (χ0n) is 14.7. The summed E-state index contributed by atoms with van der Waals surface area (Å²) in [5.74, 6) is -1.17. The SMILES string of the molecule is Cc1ccc(CN2C[C@H](C(=O)Nc3cccc(C(F)(F)F)c3)CC2=O)cc1. The smallest absolute Gasteiger partial charge is 0.338 e. The molecule has 7 heteroatoms. The van der Waals surface area contributed by atoms with E-state index in [2.05, 4.69) is 5.32 Å². The highest BCUT2D eigenvalue weighted by atomic mass is 19.4. The minimum atomic E-state index is -4.48. The van der Waals surface area contributed by atoms with E-state index in [-0.39, 0.29) is 24.6 Å². The van der Waals surface area contributed by atoms with E-state index in [1.807, 2.05) is 31.2 Å². The fourth-order valence-electron chi connectivity index (χ4n) is 3.03. The van der Waals surface area contributed by atoms with Gasteiger partial charge in [0.05, 0.1) is 11.5 Å². The van der Waals surface area contributed by atoms with Crippen LogP contribution in [0.4, 0.5) is 18.9 Å². The second kappa shape index (κ2) is 7.42. The summed E-state index contributed by atoms with van der Waals surface area (Å²) < 4.78 is 38.3. The van der Waals surface area contributed by atoms with E-state index in [4.69, 9.17) is 0 Å². The summed E-state index contributed by atoms with van der Waals surface area (Å²) in [5.41, 5.74) is 1.32. The van der Waals surface area contributed by atoms with Gasteiger partial charge in [-0.2, -0.15) is 13.2 Å². The lowest BCUT2D eigenvalue weighted by Gasteiger charge is -2.17. The Morgan fingerprint density at radius 1 is 1.19 bits per heavy atom. The third-order valence-electron chi connectivity index (χ3n) is 4.54. The van der Waals surface area contributed by atoms with Crippen molar-refractivity contribution in [2.45, 2.75) is 26.1 Å². The molecule has 1 fully saturated rings. The number of alkyl halides is 3. The molecule has 27 heavy (non-hydrogen) atoms. The van der Waals surface area contributed by atoms with Crippen LogP contribution in [-0.2, 0) is 22.3 Å². The molecule has 0 radical (unpaired) electrons. The van der Waals surface area contributed by atoms with Crippen LogP contribution >= 0.6 is 0 Å². The topological polar surface area (TPSA) is 49.4 Å². The number of amides is 2. The first kappa shape index (κ1) is 18.9. The van der Waals surface area contributed by atoms with Crippen molar-refractivity contribution in [1.29, 1.82) is 0 Å². The number of nitrogens with one attached hydrogen (secondary N) is 1. The average Bonchev–Trinajstić information content (AvgIpc) is 2.97. The Morgan fingerprint density at radius 3 is 2.56 bits per heavy atom. The Hall–Kier alpha value is -2.83. The minimum Gasteiger partial charge on any atom is -0.338 e. The van der Waals surface area contributed by atoms with Gasteiger partial charge in [-0.1, -0.05) is 35.9 Å². The molecule has 0 unspecified atom stereocenters. The van der Waals surface area contributed by atoms with Crippen LogP contribution in [-0.4, -0.2) is 23.3 Å². The number of aryl methyl sites for hydroxylation is 1. The Labute approximate surface area is 155 Å². The number of hydrogen-bond donors (Lipinski definition) is 1. The van der Waals surface area contributed by atoms with Crippen LogP contribution in [0, 0.1) is 12.8 Å². The average molecular weight is 376 g/mol. The van der Waals surface area contributed by atoms with Crippen molar-refractivity contribution in [1.82, 2.24) is 4.90 Å². The first-order valence-electron chi connectivity index (χ1n) is 8.54. The summed E-state index contributed by atoms with van der Waals surface area (Å²) in [6, 6.07) is 12.2. The summed E-state index contributed by atoms with van der Waals surface area (Å²) in [7, 11) is 0. The number of rotatable bonds is 4. The van der Waals surface area contributed by atoms with E-state index in [1.54, 1.807) is 4.90 Å². The van der Waals surface area contributed by atoms with Gasteiger partial charge in [0.1, 0.15) is 0 Å². The molecule has 1 N–H and O–H groups in total. The maximum absolute atomic E-state index is 12.8. The van der Waals surface area contributed by atoms with Crippen molar-refractivity contribution in [2.24, 2.45) is 5.92 Å². The van der Waals surface area contributed by atoms with Gasteiger partial charge in [-0.3, -0.25) is 9.59 Å². The first-order chi connectivity index (χ1) is 12.7. The van der Waals surface area contributed by atoms with E-state index < -0.39 is 23.6 Å². The standard InChI is InChI=1S/C20H19F3N2O2/c1-13-5-7-14(8-6-13)11-25-12-15(9-18(25)26)19(27)24-17-4-2-3-16(10-17)20(21,22)23/h2-8,10,15H,9,11-12H2,1H3,(H,24,27)/t15-/m1/s1. The van der Waals surface area contributed by atoms with Crippen molar-refractivity contribution in [3.8, 4) is 0 Å². The van der Waals surface area contributed by atoms with E-state index in [9.17, 15) is 22.8 Å². The highest BCUT2D eigenvalue weighted by Gasteiger charge is 2.35. The quantitative estimate of drug-likeness (QED) is 0.877. The molecule has 2 aromatic rings. The van der Waals surface area contributed by atoms with E-state index in [0.29, 0.717) is 6.54 Å². The van der Waals surface area contributed by atoms with E-state index in [1.165, 1.54) is 12.1 Å². The predicted molar refractivity (Wildman–Crippen MR) is 94.8 cm³/mol. The van der Waals surface area contributed by atoms with Gasteiger partial charge in [0, 0.05) is 25.2 Å². The molecular formula is C20H19F3N2O2. The maximum Gasteiger partial charge on any atom is 0.416 e. The van der Waals surface area contributed by atoms with Crippen molar-refractivity contribution in [2.75, 3.05) is 11.9 Å². The highest BCUT2D eigenvalue weighted by molar-refractivity contribution is 5.97. The molecule has 0 aliphatic carbocycles. The Balaban J connectivity index is 1.63. The zero-order chi connectivity index (χ0) is 19.6. The van der Waals surface area contributed by atoms with Gasteiger partial charge in [-0.15, -0.1) is 0 Å². The molecule has 1 atom stereocenters. The Morgan fingerprint density at radius 2 is 1.89 bits per heavy atom. The van der Waals surface area contributed by atoms with Gasteiger partial charge in [-0.05, 0) is 30.7 Å². The monoisotopic (exact) mass is 376 g/mol. The fourth-order valence-corrected chi connectivity index (χ4v) is 3.03. The number of carbonyl (C=O) groups is 2. The number of benzene rings is 2. The fraction of sp³-hybridized carbons (Fsp3) is 0.300. The number of nitrogens with zero attached hydrogens (tertiary/aromatic N) is 1. The zero-order valence-corrected chi connectivity index (χ0v) is 14.7. The predicted octanol–water partition coefficient (Wildman–Crippen LogP) is 4.00. The number of likely N-dealkylation sites (tertiary alicyclic amines) is 1. The molecule has 1 aliphatic rings. The molecule has 142 valence electrons. The molecule has 2 amide bonds. The van der Waals surface area contributed by atoms with Gasteiger partial charge < -0.3 is 10.2 Å². The minimum absolute atomic E-state index is 0.0522. The first-order valence-corrected chi connectivity index (χ1v) is 8.54. The third kappa shape index (κ3) is 4.67. The van der Waals surface area contributed by atoms with Gasteiger partial charge in [0.2, 0.25) is 11.8 Å². The highest BCUT2D eigenvalue weighted by Crippen LogP contribution is 2.31. The third-order valence-corrected chi connectivity index (χ3v) is 4.54. The lowest BCUT2D eigenvalue weighted by Crippen LogP contribution is -2.28. The number of carbonyl (C=O) groups excluding carboxylic acids is 2. The van der Waals surface area contributed by atoms with Crippen LogP contribution in [0.5, 0.6) is 0 Å². The van der Waals surface area contributed by atoms with Crippen LogP contribution in [0.2, 0.25) is 0 Å². The van der Waals surface area contributed by atoms with Crippen LogP contribution in [0.1, 0.15) is 23.1 Å². The van der Waals surface area contributed by atoms with Crippen LogP contribution in [0.3, 0.4) is 0 Å². The second-order valence-corrected chi connectivity index (χ2v) is 6.73. The molecular weight excluding hydrogens is 357 g/mol. The molecule has 0 bridgehead atoms. The summed E-state index contributed by atoms with van der Waals surface area (Å²) in [4.78, 5) is 26.2. The van der Waals surface area contributed by atoms with Crippen molar-refractivity contribution in [3.63, 3.8) is 0 Å². The summed E-state index contributed by atoms with van der Waals surface area (Å²) >= 11 is 0. The van der Waals surface area contributed by atoms with Crippen LogP contribution in [0.15, 0.2) is 48.5 Å². The molecule has 0 saturated carbocycles. The van der Waals surface area contributed by atoms with E-state index in [0.717, 1.165) is 23.3 Å². The Kier molecular flexibility index (Phi) is 5.21. The normalized spacial score (nSPS) is 17.3. The molecule has 3 rings (SSSR count). The van der Waals surface area contributed by atoms with Crippen molar-refractivity contribution in [3.05, 3.63) is 65.2 Å². The molecule has 2 aromatic carbocycles. The molecule has 4 nitrogen and oxygen atoms in total. The van der Waals surface area contributed by atoms with Crippen molar-refractivity contribution < 1.29 is 22.8 Å². The van der Waals surface area contributed by atoms with Gasteiger partial charge in [0.15, 0.2) is 0 Å². The van der Waals surface area contributed by atoms with Gasteiger partial charge in [0.25, 0.3) is 0 Å². The molecule has 0 aromatic heterocycles. The number of anilines is 1. The molecule has 1 heterocycles. The lowest BCUT2D eigenvalue weighted by atomic mass is 10.1. The summed E-state index contributed by atoms with van der Waals surface area (Å²) in [5, 5.41) is 2.49. The summed E-state index contributed by atoms with van der Waals surface area (Å²) in [6.45, 7) is 2.63. The Bertz CT molecular complexity index is 847. The van der Waals surface area contributed by atoms with Crippen LogP contribution < -0.4 is 5.32 Å². The van der Waals surface area contributed by atoms with Crippen LogP contribution in [0.25, 0.3) is 0 Å². The lowest BCUT2D eigenvalue weighted by molar-refractivity contribution is -0.137. The largest absolute Gasteiger partial charge is 0.416 e. The second-order valence-electron chi connectivity index (χ2n) is 6.73. The van der Waals surface area contributed by atoms with Gasteiger partial charge >= 0.3 is 6.18 Å². The summed E-state index contributed by atoms with van der Waals surface area (Å²) in [6.07, 6.45) is -4.43. The molecule has 1 aliphatic heterocycles. The molecule has 1 saturated heterocycles. The number of halogens is 3. The maximum atomic E-state index is 12.8. The van der Waals surface area contributed by atoms with Gasteiger partial charge in [-0.25, -0.2) is 0 Å².